The molecule has 0 saturated heterocycles. The molecule has 0 atom stereocenters. The molecule has 0 aliphatic carbocycles. The predicted molar refractivity (Wildman–Crippen MR) is 31.8 cm³/mol. The molecule has 1 aromatic rings. The molecule has 60 valence electrons. The van der Waals surface area contributed by atoms with E-state index in [1.54, 1.807) is 0 Å². The topological polar surface area (TPSA) is 59.4 Å². The number of rotatable bonds is 2. The zero-order chi connectivity index (χ0) is 8.27. The van der Waals surface area contributed by atoms with Crippen LogP contribution in [0.1, 0.15) is 10.4 Å². The second kappa shape index (κ2) is 3.44. The Bertz CT molecular complexity index is 276. The molecule has 0 saturated carbocycles. The van der Waals surface area contributed by atoms with E-state index in [0.717, 1.165) is 0 Å². The van der Waals surface area contributed by atoms with E-state index >= 15 is 0 Å². The van der Waals surface area contributed by atoms with Gasteiger partial charge in [-0.25, -0.2) is 0 Å². The molecule has 0 bridgehead atoms. The number of aromatic nitrogens is 1. The quantitative estimate of drug-likeness (QED) is 0.771. The SMILES string of the molecule is O=C(O)c1cccnc1[O][Rh]. The Hall–Kier alpha value is -0.957. The number of nitrogens with zero attached hydrogens (tertiary/aromatic N) is 1. The van der Waals surface area contributed by atoms with Crippen LogP contribution < -0.4 is 3.56 Å². The van der Waals surface area contributed by atoms with E-state index in [0.29, 0.717) is 0 Å². The molecular weight excluding hydrogens is 237 g/mol. The summed E-state index contributed by atoms with van der Waals surface area (Å²) in [5.74, 6) is -0.960. The number of carboxylic acid groups (broad SMARTS) is 1. The van der Waals surface area contributed by atoms with E-state index in [1.165, 1.54) is 18.3 Å². The summed E-state index contributed by atoms with van der Waals surface area (Å²) in [5, 5.41) is 8.56. The first-order valence-corrected chi connectivity index (χ1v) is 3.37. The Morgan fingerprint density at radius 2 is 2.45 bits per heavy atom. The number of hydrogen-bond acceptors (Lipinski definition) is 3. The number of hydrogen-bond donors (Lipinski definition) is 1. The summed E-state index contributed by atoms with van der Waals surface area (Å²) < 4.78 is 4.60. The normalized spacial score (nSPS) is 9.27. The van der Waals surface area contributed by atoms with Gasteiger partial charge in [0.05, 0.1) is 0 Å². The first-order valence-electron chi connectivity index (χ1n) is 2.71. The van der Waals surface area contributed by atoms with E-state index in [-0.39, 0.29) is 11.4 Å². The van der Waals surface area contributed by atoms with Crippen molar-refractivity contribution in [3.8, 4) is 5.88 Å². The van der Waals surface area contributed by atoms with Crippen LogP contribution in [0.3, 0.4) is 0 Å². The first kappa shape index (κ1) is 8.14. The van der Waals surface area contributed by atoms with Crippen molar-refractivity contribution in [1.29, 1.82) is 0 Å². The van der Waals surface area contributed by atoms with Crippen LogP contribution in [0.2, 0.25) is 0 Å². The Morgan fingerprint density at radius 1 is 1.73 bits per heavy atom. The Balaban J connectivity index is 3.12. The van der Waals surface area contributed by atoms with Crippen LogP contribution in [0, 0.1) is 0 Å². The minimum atomic E-state index is -1.05. The van der Waals surface area contributed by atoms with Crippen LogP contribution in [-0.4, -0.2) is 16.1 Å². The molecule has 4 nitrogen and oxygen atoms in total. The summed E-state index contributed by atoms with van der Waals surface area (Å²) in [4.78, 5) is 14.1. The van der Waals surface area contributed by atoms with Gasteiger partial charge in [0, 0.05) is 0 Å². The van der Waals surface area contributed by atoms with Crippen molar-refractivity contribution < 1.29 is 32.1 Å². The van der Waals surface area contributed by atoms with Gasteiger partial charge < -0.3 is 0 Å². The molecule has 1 N–H and O–H groups in total. The van der Waals surface area contributed by atoms with Crippen LogP contribution in [0.4, 0.5) is 0 Å². The second-order valence-corrected chi connectivity index (χ2v) is 2.06. The van der Waals surface area contributed by atoms with Gasteiger partial charge in [-0.1, -0.05) is 0 Å². The van der Waals surface area contributed by atoms with Crippen molar-refractivity contribution in [2.75, 3.05) is 0 Å². The molecule has 0 aliphatic heterocycles. The molecule has 11 heavy (non-hydrogen) atoms. The summed E-state index contributed by atoms with van der Waals surface area (Å²) in [5.41, 5.74) is 0.0512. The fraction of sp³-hybridized carbons (Fsp3) is 0. The molecular formula is C6H4NO3Rh. The first-order chi connectivity index (χ1) is 5.25. The summed E-state index contributed by atoms with van der Waals surface area (Å²) in [6, 6.07) is 2.96. The third-order valence-corrected chi connectivity index (χ3v) is 1.38. The average Bonchev–Trinajstić information content (AvgIpc) is 2.04. The summed E-state index contributed by atoms with van der Waals surface area (Å²) >= 11 is 2.13. The van der Waals surface area contributed by atoms with E-state index in [4.69, 9.17) is 5.11 Å². The van der Waals surface area contributed by atoms with Gasteiger partial charge in [-0.05, 0) is 0 Å². The van der Waals surface area contributed by atoms with Crippen molar-refractivity contribution in [3.05, 3.63) is 23.9 Å². The molecule has 1 aromatic heterocycles. The molecule has 0 spiro atoms. The van der Waals surface area contributed by atoms with Crippen LogP contribution in [0.15, 0.2) is 18.3 Å². The van der Waals surface area contributed by atoms with E-state index in [1.807, 2.05) is 0 Å². The van der Waals surface area contributed by atoms with E-state index in [2.05, 4.69) is 27.2 Å². The van der Waals surface area contributed by atoms with Gasteiger partial charge in [-0.2, -0.15) is 0 Å². The molecule has 5 heteroatoms. The number of carboxylic acids is 1. The van der Waals surface area contributed by atoms with Gasteiger partial charge in [0.1, 0.15) is 0 Å². The van der Waals surface area contributed by atoms with Crippen molar-refractivity contribution in [1.82, 2.24) is 4.98 Å². The van der Waals surface area contributed by atoms with Crippen molar-refractivity contribution in [2.24, 2.45) is 0 Å². The molecule has 0 radical (unpaired) electrons. The number of aromatic carboxylic acids is 1. The molecule has 0 fully saturated rings. The van der Waals surface area contributed by atoms with Gasteiger partial charge in [-0.15, -0.1) is 0 Å². The van der Waals surface area contributed by atoms with Crippen LogP contribution >= 0.6 is 0 Å². The van der Waals surface area contributed by atoms with Crippen molar-refractivity contribution in [3.63, 3.8) is 0 Å². The van der Waals surface area contributed by atoms with Crippen LogP contribution in [0.5, 0.6) is 5.88 Å². The molecule has 1 heterocycles. The molecule has 0 aromatic carbocycles. The molecule has 0 aliphatic rings. The van der Waals surface area contributed by atoms with Crippen molar-refractivity contribution >= 4 is 5.97 Å². The summed E-state index contributed by atoms with van der Waals surface area (Å²) in [6.45, 7) is 0. The number of carbonyl (C=O) groups is 1. The molecule has 0 unspecified atom stereocenters. The third kappa shape index (κ3) is 1.74. The summed E-state index contributed by atoms with van der Waals surface area (Å²) in [7, 11) is 0. The maximum absolute atomic E-state index is 10.4. The van der Waals surface area contributed by atoms with Gasteiger partial charge in [0.15, 0.2) is 0 Å². The third-order valence-electron chi connectivity index (χ3n) is 1.07. The van der Waals surface area contributed by atoms with Gasteiger partial charge >= 0.3 is 72.9 Å². The maximum atomic E-state index is 10.4. The Morgan fingerprint density at radius 3 is 2.91 bits per heavy atom. The minimum absolute atomic E-state index is 0.0512. The molecule has 0 amide bonds. The van der Waals surface area contributed by atoms with Crippen molar-refractivity contribution in [2.45, 2.75) is 0 Å². The van der Waals surface area contributed by atoms with E-state index in [9.17, 15) is 4.79 Å². The monoisotopic (exact) mass is 241 g/mol. The van der Waals surface area contributed by atoms with E-state index < -0.39 is 5.97 Å². The fourth-order valence-corrected chi connectivity index (χ4v) is 0.874. The van der Waals surface area contributed by atoms with Gasteiger partial charge in [0.25, 0.3) is 0 Å². The zero-order valence-corrected chi connectivity index (χ0v) is 6.92. The van der Waals surface area contributed by atoms with Gasteiger partial charge in [-0.3, -0.25) is 0 Å². The predicted octanol–water partition coefficient (Wildman–Crippen LogP) is 0.620. The van der Waals surface area contributed by atoms with Crippen LogP contribution in [-0.2, 0) is 18.7 Å². The Labute approximate surface area is 73.3 Å². The summed E-state index contributed by atoms with van der Waals surface area (Å²) in [6.07, 6.45) is 1.46. The van der Waals surface area contributed by atoms with Gasteiger partial charge in [0.2, 0.25) is 0 Å². The standard InChI is InChI=1S/C6H5NO3.Rh/c8-5-4(6(9)10)2-1-3-7-5;/h1-3H,(H,7,8)(H,9,10);/q;+1/p-1. The number of pyridine rings is 1. The fourth-order valence-electron chi connectivity index (χ4n) is 0.608. The average molecular weight is 241 g/mol. The second-order valence-electron chi connectivity index (χ2n) is 1.73. The van der Waals surface area contributed by atoms with Crippen LogP contribution in [0.25, 0.3) is 0 Å². The Kier molecular flexibility index (Phi) is 2.55. The zero-order valence-electron chi connectivity index (χ0n) is 5.28. The molecule has 1 rings (SSSR count).